The predicted octanol–water partition coefficient (Wildman–Crippen LogP) is -0.947. The number of rotatable bonds is 7. The Hall–Kier alpha value is -1.69. The molecule has 0 fully saturated rings. The fraction of sp³-hybridized carbons (Fsp3) is 0.545. The molecule has 0 aromatic carbocycles. The van der Waals surface area contributed by atoms with Gasteiger partial charge in [0, 0.05) is 26.6 Å². The Morgan fingerprint density at radius 2 is 2.06 bits per heavy atom. The molecule has 0 aliphatic heterocycles. The van der Waals surface area contributed by atoms with Crippen molar-refractivity contribution in [2.24, 2.45) is 5.73 Å². The van der Waals surface area contributed by atoms with Crippen molar-refractivity contribution in [1.82, 2.24) is 10.2 Å². The fourth-order valence-electron chi connectivity index (χ4n) is 1.29. The molecule has 0 unspecified atom stereocenters. The third-order valence-electron chi connectivity index (χ3n) is 2.22. The first kappa shape index (κ1) is 15.3. The lowest BCUT2D eigenvalue weighted by Crippen LogP contribution is -2.49. The number of hydrogen-bond donors (Lipinski definition) is 2. The molecule has 6 heteroatoms. The number of Topliss-reactive ketones (excluding diaryl/α,β-unsaturated/α-hetero) is 1. The van der Waals surface area contributed by atoms with Gasteiger partial charge < -0.3 is 16.0 Å². The van der Waals surface area contributed by atoms with E-state index in [1.165, 1.54) is 18.9 Å². The summed E-state index contributed by atoms with van der Waals surface area (Å²) in [6.07, 6.45) is 1.08. The van der Waals surface area contributed by atoms with Gasteiger partial charge >= 0.3 is 0 Å². The Labute approximate surface area is 101 Å². The molecule has 0 aliphatic rings. The maximum Gasteiger partial charge on any atom is 0.246 e. The van der Waals surface area contributed by atoms with Crippen LogP contribution in [0.15, 0.2) is 12.7 Å². The predicted molar refractivity (Wildman–Crippen MR) is 64.1 cm³/mol. The molecule has 0 aromatic rings. The van der Waals surface area contributed by atoms with Crippen LogP contribution in [-0.2, 0) is 14.4 Å². The standard InChI is InChI=1S/C11H19N3O3/c1-4-10(16)14(3)9(7-8(2)15)11(17)13-6-5-12/h4,9H,1,5-7,12H2,2-3H3,(H,13,17)/t9-/m0/s1. The number of carbonyl (C=O) groups is 3. The Balaban J connectivity index is 4.73. The van der Waals surface area contributed by atoms with Crippen LogP contribution in [0.25, 0.3) is 0 Å². The molecule has 0 saturated heterocycles. The van der Waals surface area contributed by atoms with Crippen molar-refractivity contribution in [2.75, 3.05) is 20.1 Å². The molecule has 0 spiro atoms. The molecule has 0 radical (unpaired) electrons. The van der Waals surface area contributed by atoms with Crippen molar-refractivity contribution in [3.63, 3.8) is 0 Å². The molecule has 2 amide bonds. The summed E-state index contributed by atoms with van der Waals surface area (Å²) in [5.74, 6) is -0.955. The van der Waals surface area contributed by atoms with E-state index in [1.807, 2.05) is 0 Å². The van der Waals surface area contributed by atoms with E-state index in [0.717, 1.165) is 6.08 Å². The van der Waals surface area contributed by atoms with Crippen LogP contribution in [0.5, 0.6) is 0 Å². The number of amides is 2. The minimum atomic E-state index is -0.815. The van der Waals surface area contributed by atoms with Crippen LogP contribution < -0.4 is 11.1 Å². The second-order valence-corrected chi connectivity index (χ2v) is 3.65. The molecular formula is C11H19N3O3. The largest absolute Gasteiger partial charge is 0.353 e. The molecule has 0 rings (SSSR count). The summed E-state index contributed by atoms with van der Waals surface area (Å²) in [4.78, 5) is 35.4. The summed E-state index contributed by atoms with van der Waals surface area (Å²) in [6.45, 7) is 5.32. The van der Waals surface area contributed by atoms with E-state index in [-0.39, 0.29) is 18.1 Å². The highest BCUT2D eigenvalue weighted by Gasteiger charge is 2.26. The van der Waals surface area contributed by atoms with Gasteiger partial charge in [-0.3, -0.25) is 14.4 Å². The summed E-state index contributed by atoms with van der Waals surface area (Å²) in [7, 11) is 1.46. The second-order valence-electron chi connectivity index (χ2n) is 3.65. The van der Waals surface area contributed by atoms with E-state index in [1.54, 1.807) is 0 Å². The number of nitrogens with two attached hydrogens (primary N) is 1. The van der Waals surface area contributed by atoms with Gasteiger partial charge in [0.15, 0.2) is 0 Å². The molecule has 0 bridgehead atoms. The number of carbonyl (C=O) groups excluding carboxylic acids is 3. The minimum absolute atomic E-state index is 0.0213. The van der Waals surface area contributed by atoms with Gasteiger partial charge in [0.2, 0.25) is 11.8 Å². The van der Waals surface area contributed by atoms with E-state index in [4.69, 9.17) is 5.73 Å². The lowest BCUT2D eigenvalue weighted by atomic mass is 10.1. The van der Waals surface area contributed by atoms with Crippen molar-refractivity contribution >= 4 is 17.6 Å². The topological polar surface area (TPSA) is 92.5 Å². The Morgan fingerprint density at radius 1 is 1.47 bits per heavy atom. The molecule has 0 saturated carbocycles. The third kappa shape index (κ3) is 5.26. The zero-order chi connectivity index (χ0) is 13.4. The lowest BCUT2D eigenvalue weighted by Gasteiger charge is -2.25. The maximum atomic E-state index is 11.8. The van der Waals surface area contributed by atoms with Crippen LogP contribution >= 0.6 is 0 Å². The van der Waals surface area contributed by atoms with E-state index < -0.39 is 11.9 Å². The molecule has 0 heterocycles. The van der Waals surface area contributed by atoms with E-state index >= 15 is 0 Å². The van der Waals surface area contributed by atoms with Crippen LogP contribution in [-0.4, -0.2) is 48.7 Å². The highest BCUT2D eigenvalue weighted by atomic mass is 16.2. The van der Waals surface area contributed by atoms with Crippen LogP contribution in [0.4, 0.5) is 0 Å². The first-order valence-electron chi connectivity index (χ1n) is 5.30. The van der Waals surface area contributed by atoms with E-state index in [9.17, 15) is 14.4 Å². The van der Waals surface area contributed by atoms with Gasteiger partial charge in [0.25, 0.3) is 0 Å². The monoisotopic (exact) mass is 241 g/mol. The summed E-state index contributed by atoms with van der Waals surface area (Å²) < 4.78 is 0. The average molecular weight is 241 g/mol. The Kier molecular flexibility index (Phi) is 6.81. The molecule has 96 valence electrons. The van der Waals surface area contributed by atoms with E-state index in [0.29, 0.717) is 13.1 Å². The number of nitrogens with zero attached hydrogens (tertiary/aromatic N) is 1. The molecular weight excluding hydrogens is 222 g/mol. The lowest BCUT2D eigenvalue weighted by molar-refractivity contribution is -0.137. The third-order valence-corrected chi connectivity index (χ3v) is 2.22. The zero-order valence-electron chi connectivity index (χ0n) is 10.2. The highest BCUT2D eigenvalue weighted by Crippen LogP contribution is 2.04. The van der Waals surface area contributed by atoms with Gasteiger partial charge in [-0.1, -0.05) is 6.58 Å². The minimum Gasteiger partial charge on any atom is -0.353 e. The highest BCUT2D eigenvalue weighted by molar-refractivity contribution is 5.94. The van der Waals surface area contributed by atoms with Crippen molar-refractivity contribution in [2.45, 2.75) is 19.4 Å². The first-order valence-corrected chi connectivity index (χ1v) is 5.30. The normalized spacial score (nSPS) is 11.5. The van der Waals surface area contributed by atoms with Gasteiger partial charge in [0.05, 0.1) is 0 Å². The smallest absolute Gasteiger partial charge is 0.246 e. The van der Waals surface area contributed by atoms with Crippen molar-refractivity contribution in [3.8, 4) is 0 Å². The van der Waals surface area contributed by atoms with E-state index in [2.05, 4.69) is 11.9 Å². The molecule has 3 N–H and O–H groups in total. The van der Waals surface area contributed by atoms with Crippen LogP contribution in [0, 0.1) is 0 Å². The second kappa shape index (κ2) is 7.56. The van der Waals surface area contributed by atoms with Gasteiger partial charge in [-0.15, -0.1) is 0 Å². The molecule has 17 heavy (non-hydrogen) atoms. The molecule has 6 nitrogen and oxygen atoms in total. The summed E-state index contributed by atoms with van der Waals surface area (Å²) in [6, 6.07) is -0.815. The Bertz CT molecular complexity index is 315. The quantitative estimate of drug-likeness (QED) is 0.562. The van der Waals surface area contributed by atoms with Gasteiger partial charge in [-0.2, -0.15) is 0 Å². The number of ketones is 1. The maximum absolute atomic E-state index is 11.8. The molecule has 0 aliphatic carbocycles. The van der Waals surface area contributed by atoms with Crippen LogP contribution in [0.1, 0.15) is 13.3 Å². The van der Waals surface area contributed by atoms with Crippen molar-refractivity contribution in [1.29, 1.82) is 0 Å². The van der Waals surface area contributed by atoms with Crippen LogP contribution in [0.2, 0.25) is 0 Å². The van der Waals surface area contributed by atoms with Crippen LogP contribution in [0.3, 0.4) is 0 Å². The number of hydrogen-bond acceptors (Lipinski definition) is 4. The number of nitrogens with one attached hydrogen (secondary N) is 1. The summed E-state index contributed by atoms with van der Waals surface area (Å²) in [5, 5.41) is 2.55. The van der Waals surface area contributed by atoms with Crippen molar-refractivity contribution in [3.05, 3.63) is 12.7 Å². The SMILES string of the molecule is C=CC(=O)N(C)[C@@H](CC(C)=O)C(=O)NCCN. The zero-order valence-corrected chi connectivity index (χ0v) is 10.2. The summed E-state index contributed by atoms with van der Waals surface area (Å²) in [5.41, 5.74) is 5.26. The van der Waals surface area contributed by atoms with Gasteiger partial charge in [-0.05, 0) is 13.0 Å². The van der Waals surface area contributed by atoms with Crippen molar-refractivity contribution < 1.29 is 14.4 Å². The first-order chi connectivity index (χ1) is 7.93. The van der Waals surface area contributed by atoms with Gasteiger partial charge in [0.1, 0.15) is 11.8 Å². The summed E-state index contributed by atoms with van der Waals surface area (Å²) >= 11 is 0. The number of likely N-dealkylation sites (N-methyl/N-ethyl adjacent to an activating group) is 1. The molecule has 1 atom stereocenters. The molecule has 0 aromatic heterocycles. The average Bonchev–Trinajstić information content (AvgIpc) is 2.30. The fourth-order valence-corrected chi connectivity index (χ4v) is 1.29. The van der Waals surface area contributed by atoms with Gasteiger partial charge in [-0.25, -0.2) is 0 Å². The Morgan fingerprint density at radius 3 is 2.47 bits per heavy atom.